The van der Waals surface area contributed by atoms with Crippen LogP contribution < -0.4 is 63.8 Å². The summed E-state index contributed by atoms with van der Waals surface area (Å²) >= 11 is 0. The lowest BCUT2D eigenvalue weighted by Crippen LogP contribution is -2.45. The molecule has 0 fully saturated rings. The third-order valence-electron chi connectivity index (χ3n) is 15.3. The first kappa shape index (κ1) is 149. The summed E-state index contributed by atoms with van der Waals surface area (Å²) in [6, 6.07) is -16.3. The van der Waals surface area contributed by atoms with E-state index in [1.165, 1.54) is 111 Å². The van der Waals surface area contributed by atoms with Crippen LogP contribution in [0.25, 0.3) is 0 Å². The Balaban J connectivity index is -0.000000123. The number of aliphatic carboxylic acids is 22. The summed E-state index contributed by atoms with van der Waals surface area (Å²) in [4.78, 5) is 225. The van der Waals surface area contributed by atoms with Gasteiger partial charge in [0, 0.05) is 13.1 Å². The SMILES string of the molecule is CC[C@@H](N[C@@H](C)C(=O)O)C(=O)O.CC[C@@H](N[C@H](C)C(=O)O)C(=O)O.CC[C@H](N[C@@H](C)C(=O)O)C(=O)O.CC[C@H](N[C@H](C)C(=O)O)C(=O)O.C[C@@H](NCC(=O)O)C(=O)O.C[C@@H](NCCS(=O)(=O)O)C(=O)O.C[C@@H](N[C@H](C)C(=O)O)C(=O)O.C[C@H](NCC(=O)O)C(=O)O.C[C@H](NCCS(=O)(=O)O)C(=O)O.C[C@H](N[C@@H](C)C(=O)O)C(=O)O.C[C@H](N[C@H](C)C(=O)O)C(=O)O.C[C@H](N[C@H](C)C(=O)O)C(=O)O. The van der Waals surface area contributed by atoms with Gasteiger partial charge in [0.05, 0.1) is 24.6 Å². The van der Waals surface area contributed by atoms with E-state index in [0.717, 1.165) is 0 Å². The summed E-state index contributed by atoms with van der Waals surface area (Å²) in [6.45, 7) is 28.2. The monoisotopic (exact) mass is 2030 g/mol. The van der Waals surface area contributed by atoms with Crippen molar-refractivity contribution in [3.63, 3.8) is 0 Å². The second kappa shape index (κ2) is 83.3. The van der Waals surface area contributed by atoms with E-state index in [4.69, 9.17) is 121 Å². The van der Waals surface area contributed by atoms with E-state index in [2.05, 4.69) is 63.8 Å². The molecule has 0 aliphatic heterocycles. The molecule has 0 radical (unpaired) electrons. The molecule has 0 aromatic rings. The zero-order valence-electron chi connectivity index (χ0n) is 77.8. The van der Waals surface area contributed by atoms with Gasteiger partial charge in [-0.05, 0) is 136 Å². The van der Waals surface area contributed by atoms with Gasteiger partial charge in [0.2, 0.25) is 0 Å². The first-order chi connectivity index (χ1) is 61.5. The lowest BCUT2D eigenvalue weighted by Gasteiger charge is -2.14. The number of rotatable bonds is 54. The highest BCUT2D eigenvalue weighted by Crippen LogP contribution is 1.99. The lowest BCUT2D eigenvalue weighted by molar-refractivity contribution is -0.144. The van der Waals surface area contributed by atoms with E-state index in [1.807, 2.05) is 0 Å². The van der Waals surface area contributed by atoms with Crippen LogP contribution in [0.5, 0.6) is 0 Å². The second-order valence-electron chi connectivity index (χ2n) is 27.5. The van der Waals surface area contributed by atoms with Crippen molar-refractivity contribution in [1.82, 2.24) is 63.8 Å². The van der Waals surface area contributed by atoms with Crippen molar-refractivity contribution >= 4 is 152 Å². The zero-order valence-corrected chi connectivity index (χ0v) is 79.4. The highest BCUT2D eigenvalue weighted by Gasteiger charge is 2.27. The third kappa shape index (κ3) is 102. The molecule has 0 unspecified atom stereocenters. The molecule has 0 aliphatic carbocycles. The minimum Gasteiger partial charge on any atom is -0.480 e. The van der Waals surface area contributed by atoms with Crippen molar-refractivity contribution in [2.75, 3.05) is 37.7 Å². The van der Waals surface area contributed by atoms with Crippen LogP contribution in [0.2, 0.25) is 0 Å². The van der Waals surface area contributed by atoms with Crippen molar-refractivity contribution in [3.05, 3.63) is 0 Å². The summed E-state index contributed by atoms with van der Waals surface area (Å²) in [5, 5.41) is 213. The Labute approximate surface area is 779 Å². The summed E-state index contributed by atoms with van der Waals surface area (Å²) in [7, 11) is -8.00. The normalized spacial score (nSPS) is 14.7. The van der Waals surface area contributed by atoms with Crippen molar-refractivity contribution in [2.24, 2.45) is 0 Å². The predicted octanol–water partition coefficient (Wildman–Crippen LogP) is -6.12. The molecule has 136 heavy (non-hydrogen) atoms. The van der Waals surface area contributed by atoms with Gasteiger partial charge in [-0.3, -0.25) is 168 Å². The Morgan fingerprint density at radius 3 is 0.382 bits per heavy atom. The van der Waals surface area contributed by atoms with Gasteiger partial charge in [-0.2, -0.15) is 16.8 Å². The van der Waals surface area contributed by atoms with Crippen LogP contribution in [0.1, 0.15) is 164 Å². The number of hydrogen-bond acceptors (Lipinski definition) is 38. The Morgan fingerprint density at radius 2 is 0.294 bits per heavy atom. The fourth-order valence-electron chi connectivity index (χ4n) is 6.66. The second-order valence-corrected chi connectivity index (χ2v) is 30.7. The minimum atomic E-state index is -4.00. The van der Waals surface area contributed by atoms with Crippen molar-refractivity contribution in [2.45, 2.75) is 285 Å². The predicted molar refractivity (Wildman–Crippen MR) is 466 cm³/mol. The number of hydrogen-bond donors (Lipinski definition) is 36. The van der Waals surface area contributed by atoms with E-state index in [-0.39, 0.29) is 26.2 Å². The number of nitrogens with one attached hydrogen (secondary N) is 12. The van der Waals surface area contributed by atoms with E-state index in [9.17, 15) is 122 Å². The molecule has 0 bridgehead atoms. The Bertz CT molecular complexity index is 3450. The van der Waals surface area contributed by atoms with Gasteiger partial charge < -0.3 is 123 Å². The van der Waals surface area contributed by atoms with Crippen LogP contribution in [-0.4, -0.2) is 428 Å². The average molecular weight is 2030 g/mol. The van der Waals surface area contributed by atoms with Crippen LogP contribution in [0.15, 0.2) is 0 Å². The van der Waals surface area contributed by atoms with Crippen LogP contribution in [0, 0.1) is 0 Å². The maximum absolute atomic E-state index is 10.4. The maximum atomic E-state index is 10.4. The average Bonchev–Trinajstić information content (AvgIpc) is 0.918. The molecule has 0 aromatic carbocycles. The number of carboxylic acids is 22. The van der Waals surface area contributed by atoms with Gasteiger partial charge in [0.1, 0.15) is 121 Å². The van der Waals surface area contributed by atoms with Gasteiger partial charge >= 0.3 is 131 Å². The van der Waals surface area contributed by atoms with Gasteiger partial charge in [0.25, 0.3) is 20.2 Å². The molecule has 20 atom stereocenters. The van der Waals surface area contributed by atoms with Gasteiger partial charge in [-0.1, -0.05) is 27.7 Å². The number of carboxylic acid groups (broad SMARTS) is 22. The maximum Gasteiger partial charge on any atom is 0.320 e. The standard InChI is InChI=1S/4C7H13NO4.4C6H11NO4.2C5H11NO5S.2C5H9NO4/c4*1-3-5(7(11)12)8-4(2)6(9)10;4*1-3(5(8)9)7-4(2)6(10)11;2*1-4(5(7)8)6-2-3-12(9,10)11;2*1-3(5(9)10)6-2-4(7)8/h4*4-5,8H,3H2,1-2H3,(H,9,10)(H,11,12);4*3-4,7H,1-2H3,(H,8,9)(H,10,11);2*4,6H,2-3H2,1H3,(H,7,8)(H,9,10,11);2*3,6H,2H2,1H3,(H,7,8)(H,9,10)/t2*4-,5+;2*4-,5-;2*3-,4+;2*3-,4-;2*4-;2*3-/m1010..101010/s1. The molecule has 796 valence electrons. The third-order valence-corrected chi connectivity index (χ3v) is 16.7. The van der Waals surface area contributed by atoms with Crippen LogP contribution in [0.4, 0.5) is 0 Å². The van der Waals surface area contributed by atoms with E-state index in [1.54, 1.807) is 27.7 Å². The summed E-state index contributed by atoms with van der Waals surface area (Å²) < 4.78 is 57.1. The van der Waals surface area contributed by atoms with Crippen LogP contribution >= 0.6 is 0 Å². The zero-order chi connectivity index (χ0) is 111. The first-order valence-electron chi connectivity index (χ1n) is 39.4. The van der Waals surface area contributed by atoms with E-state index in [0.29, 0.717) is 25.7 Å². The van der Waals surface area contributed by atoms with Gasteiger partial charge in [-0.25, -0.2) is 0 Å². The van der Waals surface area contributed by atoms with Crippen molar-refractivity contribution < 1.29 is 244 Å². The topological polar surface area (TPSA) is 1070 Å². The summed E-state index contributed by atoms with van der Waals surface area (Å²) in [5.41, 5.74) is 0. The smallest absolute Gasteiger partial charge is 0.320 e. The molecule has 0 rings (SSSR count). The summed E-state index contributed by atoms with van der Waals surface area (Å²) in [5.74, 6) is -24.1. The number of carbonyl (C=O) groups is 22. The highest BCUT2D eigenvalue weighted by molar-refractivity contribution is 7.86. The fourth-order valence-corrected chi connectivity index (χ4v) is 7.41. The van der Waals surface area contributed by atoms with E-state index >= 15 is 0 Å². The minimum absolute atomic E-state index is 0.0771. The molecule has 36 N–H and O–H groups in total. The van der Waals surface area contributed by atoms with Gasteiger partial charge in [-0.15, -0.1) is 0 Å². The summed E-state index contributed by atoms with van der Waals surface area (Å²) in [6.07, 6.45) is 1.47. The first-order valence-corrected chi connectivity index (χ1v) is 42.6. The van der Waals surface area contributed by atoms with E-state index < -0.39 is 284 Å². The molecular formula is C72H136N12O50S2. The van der Waals surface area contributed by atoms with Crippen LogP contribution in [-0.2, 0) is 126 Å². The van der Waals surface area contributed by atoms with Gasteiger partial charge in [0.15, 0.2) is 0 Å². The molecule has 0 aliphatic rings. The molecule has 0 spiro atoms. The molecule has 0 amide bonds. The molecule has 0 saturated heterocycles. The largest absolute Gasteiger partial charge is 0.480 e. The Hall–Kier alpha value is -12.3. The molecule has 0 heterocycles. The fraction of sp³-hybridized carbons (Fsp3) is 0.694. The Morgan fingerprint density at radius 1 is 0.184 bits per heavy atom. The highest BCUT2D eigenvalue weighted by atomic mass is 32.2. The van der Waals surface area contributed by atoms with Crippen molar-refractivity contribution in [1.29, 1.82) is 0 Å². The molecule has 64 heteroatoms. The van der Waals surface area contributed by atoms with Crippen LogP contribution in [0.3, 0.4) is 0 Å². The Kier molecular flexibility index (Phi) is 91.4. The van der Waals surface area contributed by atoms with Crippen molar-refractivity contribution in [3.8, 4) is 0 Å². The molecule has 62 nitrogen and oxygen atoms in total. The lowest BCUT2D eigenvalue weighted by atomic mass is 10.2. The molecular weight excluding hydrogens is 1900 g/mol. The molecule has 0 saturated carbocycles. The quantitative estimate of drug-likeness (QED) is 0.0252. The molecule has 0 aromatic heterocycles.